The number of nitrogens with two attached hydrogens (primary N) is 1. The molecule has 0 bridgehead atoms. The molecule has 2 rings (SSSR count). The number of hydrogen-bond acceptors (Lipinski definition) is 2. The third kappa shape index (κ3) is 4.57. The standard InChI is InChI=1S/C16H18FN3O/c17-15-4-2-1-3-13(15)9-10-19-16(21)20-14-7-5-12(11-18)6-8-14/h1-8H,9-11,18H2,(H2,19,20,21). The maximum atomic E-state index is 13.4. The van der Waals surface area contributed by atoms with Gasteiger partial charge in [0, 0.05) is 18.8 Å². The minimum Gasteiger partial charge on any atom is -0.338 e. The van der Waals surface area contributed by atoms with Crippen molar-refractivity contribution in [1.29, 1.82) is 0 Å². The van der Waals surface area contributed by atoms with Crippen LogP contribution in [0, 0.1) is 5.82 Å². The number of hydrogen-bond donors (Lipinski definition) is 3. The van der Waals surface area contributed by atoms with Crippen LogP contribution in [0.15, 0.2) is 48.5 Å². The number of amides is 2. The van der Waals surface area contributed by atoms with Gasteiger partial charge in [-0.3, -0.25) is 0 Å². The molecule has 4 nitrogen and oxygen atoms in total. The third-order valence-corrected chi connectivity index (χ3v) is 3.09. The Morgan fingerprint density at radius 3 is 2.48 bits per heavy atom. The Bertz CT molecular complexity index is 599. The number of halogens is 1. The number of carbonyl (C=O) groups excluding carboxylic acids is 1. The fraction of sp³-hybridized carbons (Fsp3) is 0.188. The van der Waals surface area contributed by atoms with E-state index in [2.05, 4.69) is 10.6 Å². The Kier molecular flexibility index (Phi) is 5.29. The molecule has 0 atom stereocenters. The smallest absolute Gasteiger partial charge is 0.319 e. The van der Waals surface area contributed by atoms with Gasteiger partial charge in [0.15, 0.2) is 0 Å². The maximum Gasteiger partial charge on any atom is 0.319 e. The van der Waals surface area contributed by atoms with Gasteiger partial charge < -0.3 is 16.4 Å². The van der Waals surface area contributed by atoms with E-state index in [0.29, 0.717) is 30.8 Å². The predicted molar refractivity (Wildman–Crippen MR) is 81.5 cm³/mol. The van der Waals surface area contributed by atoms with Gasteiger partial charge in [0.2, 0.25) is 0 Å². The van der Waals surface area contributed by atoms with E-state index in [1.54, 1.807) is 30.3 Å². The topological polar surface area (TPSA) is 67.1 Å². The molecule has 0 heterocycles. The molecule has 0 saturated carbocycles. The summed E-state index contributed by atoms with van der Waals surface area (Å²) in [7, 11) is 0. The average Bonchev–Trinajstić information content (AvgIpc) is 2.50. The predicted octanol–water partition coefficient (Wildman–Crippen LogP) is 2.65. The molecule has 0 aliphatic carbocycles. The second-order valence-electron chi connectivity index (χ2n) is 4.62. The second kappa shape index (κ2) is 7.40. The Hall–Kier alpha value is -2.40. The first-order valence-corrected chi connectivity index (χ1v) is 6.76. The van der Waals surface area contributed by atoms with Gasteiger partial charge in [-0.25, -0.2) is 9.18 Å². The fourth-order valence-corrected chi connectivity index (χ4v) is 1.91. The summed E-state index contributed by atoms with van der Waals surface area (Å²) in [5.41, 5.74) is 7.78. The zero-order chi connectivity index (χ0) is 15.1. The summed E-state index contributed by atoms with van der Waals surface area (Å²) < 4.78 is 13.4. The highest BCUT2D eigenvalue weighted by Crippen LogP contribution is 2.09. The average molecular weight is 287 g/mol. The van der Waals surface area contributed by atoms with Crippen molar-refractivity contribution in [2.75, 3.05) is 11.9 Å². The number of anilines is 1. The monoisotopic (exact) mass is 287 g/mol. The molecule has 2 aromatic rings. The highest BCUT2D eigenvalue weighted by Gasteiger charge is 2.03. The van der Waals surface area contributed by atoms with Crippen LogP contribution in [0.4, 0.5) is 14.9 Å². The SMILES string of the molecule is NCc1ccc(NC(=O)NCCc2ccccc2F)cc1. The van der Waals surface area contributed by atoms with Crippen molar-refractivity contribution in [2.24, 2.45) is 5.73 Å². The van der Waals surface area contributed by atoms with Crippen LogP contribution in [0.1, 0.15) is 11.1 Å². The molecule has 0 aromatic heterocycles. The first-order chi connectivity index (χ1) is 10.2. The summed E-state index contributed by atoms with van der Waals surface area (Å²) in [5.74, 6) is -0.253. The molecule has 21 heavy (non-hydrogen) atoms. The zero-order valence-electron chi connectivity index (χ0n) is 11.6. The Morgan fingerprint density at radius 1 is 1.10 bits per heavy atom. The lowest BCUT2D eigenvalue weighted by Crippen LogP contribution is -2.30. The van der Waals surface area contributed by atoms with E-state index >= 15 is 0 Å². The van der Waals surface area contributed by atoms with Crippen molar-refractivity contribution in [3.63, 3.8) is 0 Å². The van der Waals surface area contributed by atoms with Gasteiger partial charge in [0.25, 0.3) is 0 Å². The van der Waals surface area contributed by atoms with Crippen LogP contribution in [0.5, 0.6) is 0 Å². The lowest BCUT2D eigenvalue weighted by Gasteiger charge is -2.08. The largest absolute Gasteiger partial charge is 0.338 e. The Labute approximate surface area is 123 Å². The van der Waals surface area contributed by atoms with E-state index in [1.165, 1.54) is 6.07 Å². The number of urea groups is 1. The number of carbonyl (C=O) groups is 1. The lowest BCUT2D eigenvalue weighted by molar-refractivity contribution is 0.252. The first-order valence-electron chi connectivity index (χ1n) is 6.76. The van der Waals surface area contributed by atoms with Crippen molar-refractivity contribution in [2.45, 2.75) is 13.0 Å². The highest BCUT2D eigenvalue weighted by molar-refractivity contribution is 5.89. The van der Waals surface area contributed by atoms with Gasteiger partial charge in [-0.1, -0.05) is 30.3 Å². The van der Waals surface area contributed by atoms with E-state index in [4.69, 9.17) is 5.73 Å². The minimum absolute atomic E-state index is 0.253. The highest BCUT2D eigenvalue weighted by atomic mass is 19.1. The van der Waals surface area contributed by atoms with Gasteiger partial charge in [-0.05, 0) is 35.7 Å². The number of benzene rings is 2. The van der Waals surface area contributed by atoms with E-state index in [9.17, 15) is 9.18 Å². The van der Waals surface area contributed by atoms with Crippen LogP contribution < -0.4 is 16.4 Å². The first kappa shape index (κ1) is 15.0. The molecule has 110 valence electrons. The summed E-state index contributed by atoms with van der Waals surface area (Å²) in [6, 6.07) is 13.5. The summed E-state index contributed by atoms with van der Waals surface area (Å²) in [6.07, 6.45) is 0.451. The molecule has 4 N–H and O–H groups in total. The Balaban J connectivity index is 1.78. The zero-order valence-corrected chi connectivity index (χ0v) is 11.6. The molecule has 2 amide bonds. The number of nitrogens with one attached hydrogen (secondary N) is 2. The lowest BCUT2D eigenvalue weighted by atomic mass is 10.1. The van der Waals surface area contributed by atoms with Gasteiger partial charge >= 0.3 is 6.03 Å². The van der Waals surface area contributed by atoms with Gasteiger partial charge in [0.05, 0.1) is 0 Å². The van der Waals surface area contributed by atoms with Gasteiger partial charge in [-0.2, -0.15) is 0 Å². The molecule has 0 spiro atoms. The molecule has 0 saturated heterocycles. The minimum atomic E-state index is -0.313. The van der Waals surface area contributed by atoms with Crippen molar-refractivity contribution >= 4 is 11.7 Å². The maximum absolute atomic E-state index is 13.4. The molecule has 0 aliphatic heterocycles. The van der Waals surface area contributed by atoms with Gasteiger partial charge in [-0.15, -0.1) is 0 Å². The molecule has 0 aliphatic rings. The molecule has 2 aromatic carbocycles. The van der Waals surface area contributed by atoms with Crippen LogP contribution >= 0.6 is 0 Å². The van der Waals surface area contributed by atoms with E-state index in [1.807, 2.05) is 12.1 Å². The quantitative estimate of drug-likeness (QED) is 0.791. The summed E-state index contributed by atoms with van der Waals surface area (Å²) in [4.78, 5) is 11.7. The normalized spacial score (nSPS) is 10.2. The van der Waals surface area contributed by atoms with E-state index < -0.39 is 0 Å². The van der Waals surface area contributed by atoms with Crippen molar-refractivity contribution in [3.8, 4) is 0 Å². The fourth-order valence-electron chi connectivity index (χ4n) is 1.91. The van der Waals surface area contributed by atoms with Crippen LogP contribution in [-0.4, -0.2) is 12.6 Å². The molecule has 0 fully saturated rings. The van der Waals surface area contributed by atoms with Crippen LogP contribution in [0.2, 0.25) is 0 Å². The Morgan fingerprint density at radius 2 is 1.81 bits per heavy atom. The van der Waals surface area contributed by atoms with Crippen molar-refractivity contribution < 1.29 is 9.18 Å². The van der Waals surface area contributed by atoms with Gasteiger partial charge in [0.1, 0.15) is 5.82 Å². The molecule has 5 heteroatoms. The summed E-state index contributed by atoms with van der Waals surface area (Å²) in [5, 5.41) is 5.40. The van der Waals surface area contributed by atoms with Crippen LogP contribution in [-0.2, 0) is 13.0 Å². The molecule has 0 radical (unpaired) electrons. The molecular weight excluding hydrogens is 269 g/mol. The molecule has 0 unspecified atom stereocenters. The second-order valence-corrected chi connectivity index (χ2v) is 4.62. The number of rotatable bonds is 5. The van der Waals surface area contributed by atoms with Crippen LogP contribution in [0.3, 0.4) is 0 Å². The van der Waals surface area contributed by atoms with Crippen molar-refractivity contribution in [3.05, 3.63) is 65.5 Å². The van der Waals surface area contributed by atoms with E-state index in [-0.39, 0.29) is 11.8 Å². The summed E-state index contributed by atoms with van der Waals surface area (Å²) >= 11 is 0. The third-order valence-electron chi connectivity index (χ3n) is 3.09. The summed E-state index contributed by atoms with van der Waals surface area (Å²) in [6.45, 7) is 0.836. The van der Waals surface area contributed by atoms with Crippen LogP contribution in [0.25, 0.3) is 0 Å². The van der Waals surface area contributed by atoms with Crippen molar-refractivity contribution in [1.82, 2.24) is 5.32 Å². The van der Waals surface area contributed by atoms with E-state index in [0.717, 1.165) is 5.56 Å². The molecular formula is C16H18FN3O.